The van der Waals surface area contributed by atoms with E-state index < -0.39 is 10.3 Å². The van der Waals surface area contributed by atoms with Crippen molar-refractivity contribution in [3.05, 3.63) is 34.3 Å². The van der Waals surface area contributed by atoms with Crippen LogP contribution in [0.4, 0.5) is 0 Å². The third-order valence-electron chi connectivity index (χ3n) is 2.18. The van der Waals surface area contributed by atoms with Gasteiger partial charge in [-0.05, 0) is 30.0 Å². The molecule has 0 aliphatic carbocycles. The molecule has 4 nitrogen and oxygen atoms in total. The molecule has 96 valence electrons. The number of halogens is 2. The van der Waals surface area contributed by atoms with Gasteiger partial charge in [-0.2, -0.15) is 8.42 Å². The molecule has 0 atom stereocenters. The minimum atomic E-state index is -3.86. The highest BCUT2D eigenvalue weighted by atomic mass is 35.5. The minimum absolute atomic E-state index is 0.0335. The van der Waals surface area contributed by atoms with E-state index in [0.29, 0.717) is 23.7 Å². The molecule has 0 amide bonds. The molecule has 1 aromatic rings. The quantitative estimate of drug-likeness (QED) is 0.647. The van der Waals surface area contributed by atoms with E-state index in [9.17, 15) is 8.42 Å². The summed E-state index contributed by atoms with van der Waals surface area (Å²) < 4.78 is 25.5. The molecule has 17 heavy (non-hydrogen) atoms. The zero-order valence-corrected chi connectivity index (χ0v) is 11.4. The Hall–Kier alpha value is -0.330. The van der Waals surface area contributed by atoms with Crippen LogP contribution in [0, 0.1) is 0 Å². The predicted octanol–water partition coefficient (Wildman–Crippen LogP) is 2.23. The minimum Gasteiger partial charge on any atom is -0.258 e. The summed E-state index contributed by atoms with van der Waals surface area (Å²) >= 11 is 11.8. The van der Waals surface area contributed by atoms with Crippen LogP contribution in [0.3, 0.4) is 0 Å². The van der Waals surface area contributed by atoms with Crippen molar-refractivity contribution in [3.8, 4) is 0 Å². The Bertz CT molecular complexity index is 476. The van der Waals surface area contributed by atoms with Crippen molar-refractivity contribution in [2.75, 3.05) is 6.61 Å². The van der Waals surface area contributed by atoms with E-state index >= 15 is 0 Å². The van der Waals surface area contributed by atoms with E-state index in [-0.39, 0.29) is 6.61 Å². The van der Waals surface area contributed by atoms with Gasteiger partial charge in [0.2, 0.25) is 0 Å². The van der Waals surface area contributed by atoms with Gasteiger partial charge in [0, 0.05) is 10.9 Å². The fourth-order valence-electron chi connectivity index (χ4n) is 1.43. The average Bonchev–Trinajstić information content (AvgIpc) is 2.24. The SMILES string of the molecule is NS(=O)(=O)OCCCc1c(Cl)cccc1CCl. The molecular weight excluding hydrogens is 285 g/mol. The molecule has 0 saturated heterocycles. The Kier molecular flexibility index (Phi) is 5.69. The Balaban J connectivity index is 2.57. The van der Waals surface area contributed by atoms with Crippen molar-refractivity contribution in [1.29, 1.82) is 0 Å². The van der Waals surface area contributed by atoms with Crippen LogP contribution in [0.15, 0.2) is 18.2 Å². The molecule has 1 aromatic carbocycles. The van der Waals surface area contributed by atoms with Gasteiger partial charge in [-0.3, -0.25) is 4.18 Å². The molecular formula is C10H13Cl2NO3S. The number of hydrogen-bond donors (Lipinski definition) is 1. The zero-order chi connectivity index (χ0) is 12.9. The predicted molar refractivity (Wildman–Crippen MR) is 68.4 cm³/mol. The molecule has 0 aliphatic heterocycles. The van der Waals surface area contributed by atoms with E-state index in [4.69, 9.17) is 28.3 Å². The first-order valence-electron chi connectivity index (χ1n) is 4.93. The van der Waals surface area contributed by atoms with Gasteiger partial charge in [-0.15, -0.1) is 11.6 Å². The molecule has 0 heterocycles. The van der Waals surface area contributed by atoms with Gasteiger partial charge < -0.3 is 0 Å². The van der Waals surface area contributed by atoms with Crippen LogP contribution >= 0.6 is 23.2 Å². The lowest BCUT2D eigenvalue weighted by molar-refractivity contribution is 0.313. The first-order chi connectivity index (χ1) is 7.94. The van der Waals surface area contributed by atoms with Crippen LogP contribution in [0.5, 0.6) is 0 Å². The van der Waals surface area contributed by atoms with Crippen LogP contribution in [0.1, 0.15) is 17.5 Å². The summed E-state index contributed by atoms with van der Waals surface area (Å²) in [6.45, 7) is 0.0335. The standard InChI is InChI=1S/C10H13Cl2NO3S/c11-7-8-3-1-5-10(12)9(8)4-2-6-16-17(13,14)15/h1,3,5H,2,4,6-7H2,(H2,13,14,15). The van der Waals surface area contributed by atoms with Gasteiger partial charge in [0.05, 0.1) is 6.61 Å². The first kappa shape index (κ1) is 14.7. The van der Waals surface area contributed by atoms with E-state index in [1.165, 1.54) is 0 Å². The van der Waals surface area contributed by atoms with Crippen LogP contribution in [0.2, 0.25) is 5.02 Å². The maximum Gasteiger partial charge on any atom is 0.333 e. The lowest BCUT2D eigenvalue weighted by Crippen LogP contribution is -2.16. The molecule has 0 unspecified atom stereocenters. The van der Waals surface area contributed by atoms with E-state index in [0.717, 1.165) is 11.1 Å². The lowest BCUT2D eigenvalue weighted by Gasteiger charge is -2.09. The van der Waals surface area contributed by atoms with Gasteiger partial charge in [-0.25, -0.2) is 5.14 Å². The third-order valence-corrected chi connectivity index (χ3v) is 3.32. The average molecular weight is 298 g/mol. The van der Waals surface area contributed by atoms with Gasteiger partial charge in [0.1, 0.15) is 0 Å². The number of rotatable bonds is 6. The number of benzene rings is 1. The third kappa shape index (κ3) is 5.23. The zero-order valence-electron chi connectivity index (χ0n) is 9.03. The van der Waals surface area contributed by atoms with Crippen molar-refractivity contribution in [2.45, 2.75) is 18.7 Å². The highest BCUT2D eigenvalue weighted by Crippen LogP contribution is 2.23. The highest BCUT2D eigenvalue weighted by molar-refractivity contribution is 7.84. The molecule has 0 aliphatic rings. The van der Waals surface area contributed by atoms with Gasteiger partial charge >= 0.3 is 10.3 Å². The second kappa shape index (κ2) is 6.56. The van der Waals surface area contributed by atoms with Crippen molar-refractivity contribution >= 4 is 33.5 Å². The highest BCUT2D eigenvalue weighted by Gasteiger charge is 2.07. The van der Waals surface area contributed by atoms with Gasteiger partial charge in [0.15, 0.2) is 0 Å². The molecule has 0 aromatic heterocycles. The van der Waals surface area contributed by atoms with Crippen molar-refractivity contribution < 1.29 is 12.6 Å². The van der Waals surface area contributed by atoms with Crippen molar-refractivity contribution in [2.24, 2.45) is 5.14 Å². The van der Waals surface area contributed by atoms with E-state index in [2.05, 4.69) is 4.18 Å². The summed E-state index contributed by atoms with van der Waals surface area (Å²) in [7, 11) is -3.86. The smallest absolute Gasteiger partial charge is 0.258 e. The number of nitrogens with two attached hydrogens (primary N) is 1. The summed E-state index contributed by atoms with van der Waals surface area (Å²) in [6.07, 6.45) is 1.10. The largest absolute Gasteiger partial charge is 0.333 e. The number of hydrogen-bond acceptors (Lipinski definition) is 3. The first-order valence-corrected chi connectivity index (χ1v) is 7.32. The van der Waals surface area contributed by atoms with Crippen LogP contribution in [0.25, 0.3) is 0 Å². The molecule has 7 heteroatoms. The maximum atomic E-state index is 10.5. The summed E-state index contributed by atoms with van der Waals surface area (Å²) in [4.78, 5) is 0. The lowest BCUT2D eigenvalue weighted by atomic mass is 10.0. The Labute approximate surface area is 111 Å². The van der Waals surface area contributed by atoms with Crippen LogP contribution in [-0.2, 0) is 26.8 Å². The van der Waals surface area contributed by atoms with Gasteiger partial charge in [-0.1, -0.05) is 23.7 Å². The monoisotopic (exact) mass is 297 g/mol. The Morgan fingerprint density at radius 2 is 2.06 bits per heavy atom. The fourth-order valence-corrected chi connectivity index (χ4v) is 2.32. The molecule has 0 fully saturated rings. The topological polar surface area (TPSA) is 69.4 Å². The normalized spacial score (nSPS) is 11.7. The summed E-state index contributed by atoms with van der Waals surface area (Å²) in [6, 6.07) is 5.48. The molecule has 0 saturated carbocycles. The second-order valence-corrected chi connectivity index (χ2v) is 5.33. The van der Waals surface area contributed by atoms with Crippen molar-refractivity contribution in [3.63, 3.8) is 0 Å². The van der Waals surface area contributed by atoms with Crippen LogP contribution < -0.4 is 5.14 Å². The van der Waals surface area contributed by atoms with E-state index in [1.807, 2.05) is 12.1 Å². The van der Waals surface area contributed by atoms with E-state index in [1.54, 1.807) is 6.07 Å². The Morgan fingerprint density at radius 3 is 2.65 bits per heavy atom. The molecule has 2 N–H and O–H groups in total. The molecule has 0 spiro atoms. The number of alkyl halides is 1. The summed E-state index contributed by atoms with van der Waals surface area (Å²) in [5.74, 6) is 0.367. The molecule has 0 bridgehead atoms. The fraction of sp³-hybridized carbons (Fsp3) is 0.400. The summed E-state index contributed by atoms with van der Waals surface area (Å²) in [5, 5.41) is 5.33. The maximum absolute atomic E-state index is 10.5. The molecule has 1 rings (SSSR count). The Morgan fingerprint density at radius 1 is 1.35 bits per heavy atom. The van der Waals surface area contributed by atoms with Crippen LogP contribution in [-0.4, -0.2) is 15.0 Å². The second-order valence-electron chi connectivity index (χ2n) is 3.43. The molecule has 0 radical (unpaired) electrons. The summed E-state index contributed by atoms with van der Waals surface area (Å²) in [5.41, 5.74) is 1.86. The van der Waals surface area contributed by atoms with Gasteiger partial charge in [0.25, 0.3) is 0 Å². The van der Waals surface area contributed by atoms with Crippen molar-refractivity contribution in [1.82, 2.24) is 0 Å².